The molecule has 5 nitrogen and oxygen atoms in total. The van der Waals surface area contributed by atoms with E-state index in [1.165, 1.54) is 0 Å². The van der Waals surface area contributed by atoms with Crippen molar-refractivity contribution in [3.05, 3.63) is 59.4 Å². The number of benzene rings is 1. The molecule has 0 saturated carbocycles. The molecule has 1 fully saturated rings. The van der Waals surface area contributed by atoms with Gasteiger partial charge in [0.05, 0.1) is 12.1 Å². The first-order valence-electron chi connectivity index (χ1n) is 8.11. The first kappa shape index (κ1) is 16.0. The van der Waals surface area contributed by atoms with E-state index in [1.807, 2.05) is 48.2 Å². The van der Waals surface area contributed by atoms with Crippen LogP contribution in [0.3, 0.4) is 0 Å². The van der Waals surface area contributed by atoms with E-state index in [1.54, 1.807) is 6.20 Å². The molecular formula is C19H20N4O. The first-order valence-corrected chi connectivity index (χ1v) is 8.11. The van der Waals surface area contributed by atoms with Crippen molar-refractivity contribution in [3.8, 4) is 6.07 Å². The van der Waals surface area contributed by atoms with Crippen LogP contribution in [-0.4, -0.2) is 42.0 Å². The Morgan fingerprint density at radius 2 is 1.92 bits per heavy atom. The van der Waals surface area contributed by atoms with Crippen LogP contribution in [0, 0.1) is 18.3 Å². The van der Waals surface area contributed by atoms with Gasteiger partial charge in [-0.2, -0.15) is 5.26 Å². The molecule has 2 aromatic rings. The van der Waals surface area contributed by atoms with Crippen LogP contribution in [0.1, 0.15) is 16.8 Å². The molecule has 2 heterocycles. The zero-order valence-electron chi connectivity index (χ0n) is 13.8. The minimum atomic E-state index is 0.163. The zero-order chi connectivity index (χ0) is 16.9. The van der Waals surface area contributed by atoms with E-state index in [0.717, 1.165) is 29.9 Å². The molecule has 0 aliphatic carbocycles. The van der Waals surface area contributed by atoms with Gasteiger partial charge in [-0.25, -0.2) is 4.98 Å². The van der Waals surface area contributed by atoms with E-state index >= 15 is 0 Å². The normalized spacial score (nSPS) is 14.3. The summed E-state index contributed by atoms with van der Waals surface area (Å²) in [6.07, 6.45) is 2.08. The van der Waals surface area contributed by atoms with E-state index in [0.29, 0.717) is 25.2 Å². The molecule has 0 spiro atoms. The Morgan fingerprint density at radius 3 is 2.62 bits per heavy atom. The SMILES string of the molecule is Cc1ccccc1CC(=O)N1CCN(c2cccnc2C#N)CC1. The predicted octanol–water partition coefficient (Wildman–Crippen LogP) is 2.15. The molecule has 1 aromatic carbocycles. The quantitative estimate of drug-likeness (QED) is 0.869. The van der Waals surface area contributed by atoms with Crippen molar-refractivity contribution < 1.29 is 4.79 Å². The topological polar surface area (TPSA) is 60.2 Å². The van der Waals surface area contributed by atoms with Gasteiger partial charge in [0.25, 0.3) is 0 Å². The number of rotatable bonds is 3. The summed E-state index contributed by atoms with van der Waals surface area (Å²) in [5.74, 6) is 0.163. The highest BCUT2D eigenvalue weighted by Crippen LogP contribution is 2.19. The van der Waals surface area contributed by atoms with Gasteiger partial charge in [-0.15, -0.1) is 0 Å². The van der Waals surface area contributed by atoms with Crippen LogP contribution in [-0.2, 0) is 11.2 Å². The average molecular weight is 320 g/mol. The molecule has 24 heavy (non-hydrogen) atoms. The lowest BCUT2D eigenvalue weighted by molar-refractivity contribution is -0.130. The zero-order valence-corrected chi connectivity index (χ0v) is 13.8. The number of aromatic nitrogens is 1. The van der Waals surface area contributed by atoms with Crippen molar-refractivity contribution in [1.82, 2.24) is 9.88 Å². The van der Waals surface area contributed by atoms with Crippen molar-refractivity contribution in [2.75, 3.05) is 31.1 Å². The van der Waals surface area contributed by atoms with Crippen LogP contribution < -0.4 is 4.90 Å². The summed E-state index contributed by atoms with van der Waals surface area (Å²) in [5, 5.41) is 9.18. The minimum Gasteiger partial charge on any atom is -0.366 e. The van der Waals surface area contributed by atoms with Crippen LogP contribution >= 0.6 is 0 Å². The van der Waals surface area contributed by atoms with Gasteiger partial charge in [0.1, 0.15) is 6.07 Å². The monoisotopic (exact) mass is 320 g/mol. The molecule has 0 unspecified atom stereocenters. The summed E-state index contributed by atoms with van der Waals surface area (Å²) < 4.78 is 0. The molecule has 0 radical (unpaired) electrons. The Bertz CT molecular complexity index is 773. The van der Waals surface area contributed by atoms with Gasteiger partial charge in [0.2, 0.25) is 5.91 Å². The van der Waals surface area contributed by atoms with E-state index in [4.69, 9.17) is 0 Å². The number of carbonyl (C=O) groups excluding carboxylic acids is 1. The van der Waals surface area contributed by atoms with Crippen molar-refractivity contribution >= 4 is 11.6 Å². The van der Waals surface area contributed by atoms with Gasteiger partial charge in [-0.3, -0.25) is 4.79 Å². The fraction of sp³-hybridized carbons (Fsp3) is 0.316. The second-order valence-corrected chi connectivity index (χ2v) is 5.95. The van der Waals surface area contributed by atoms with Gasteiger partial charge in [-0.1, -0.05) is 24.3 Å². The summed E-state index contributed by atoms with van der Waals surface area (Å²) in [5.41, 5.74) is 3.53. The van der Waals surface area contributed by atoms with Gasteiger partial charge >= 0.3 is 0 Å². The number of piperazine rings is 1. The van der Waals surface area contributed by atoms with E-state index in [-0.39, 0.29) is 5.91 Å². The Morgan fingerprint density at radius 1 is 1.17 bits per heavy atom. The Labute approximate surface area is 142 Å². The molecule has 0 bridgehead atoms. The standard InChI is InChI=1S/C19H20N4O/c1-15-5-2-3-6-16(15)13-19(24)23-11-9-22(10-12-23)18-7-4-8-21-17(18)14-20/h2-8H,9-13H2,1H3. The molecule has 0 atom stereocenters. The van der Waals surface area contributed by atoms with E-state index in [9.17, 15) is 10.1 Å². The lowest BCUT2D eigenvalue weighted by Crippen LogP contribution is -2.49. The van der Waals surface area contributed by atoms with E-state index < -0.39 is 0 Å². The molecule has 1 aliphatic heterocycles. The highest BCUT2D eigenvalue weighted by Gasteiger charge is 2.23. The highest BCUT2D eigenvalue weighted by atomic mass is 16.2. The lowest BCUT2D eigenvalue weighted by atomic mass is 10.1. The number of hydrogen-bond acceptors (Lipinski definition) is 4. The summed E-state index contributed by atoms with van der Waals surface area (Å²) in [7, 11) is 0. The minimum absolute atomic E-state index is 0.163. The maximum atomic E-state index is 12.5. The van der Waals surface area contributed by atoms with E-state index in [2.05, 4.69) is 16.0 Å². The van der Waals surface area contributed by atoms with Crippen molar-refractivity contribution in [2.45, 2.75) is 13.3 Å². The van der Waals surface area contributed by atoms with Gasteiger partial charge in [0.15, 0.2) is 5.69 Å². The molecule has 0 N–H and O–H groups in total. The number of anilines is 1. The number of pyridine rings is 1. The largest absolute Gasteiger partial charge is 0.366 e. The Balaban J connectivity index is 1.62. The molecule has 3 rings (SSSR count). The van der Waals surface area contributed by atoms with Gasteiger partial charge in [0, 0.05) is 32.4 Å². The predicted molar refractivity (Wildman–Crippen MR) is 92.6 cm³/mol. The summed E-state index contributed by atoms with van der Waals surface area (Å²) >= 11 is 0. The van der Waals surface area contributed by atoms with Crippen LogP contribution in [0.2, 0.25) is 0 Å². The number of aryl methyl sites for hydroxylation is 1. The second-order valence-electron chi connectivity index (χ2n) is 5.95. The fourth-order valence-corrected chi connectivity index (χ4v) is 3.02. The molecular weight excluding hydrogens is 300 g/mol. The number of nitriles is 1. The highest BCUT2D eigenvalue weighted by molar-refractivity contribution is 5.79. The third-order valence-electron chi connectivity index (χ3n) is 4.47. The number of carbonyl (C=O) groups is 1. The molecule has 122 valence electrons. The van der Waals surface area contributed by atoms with Crippen molar-refractivity contribution in [2.24, 2.45) is 0 Å². The summed E-state index contributed by atoms with van der Waals surface area (Å²) in [4.78, 5) is 20.7. The van der Waals surface area contributed by atoms with Gasteiger partial charge < -0.3 is 9.80 Å². The molecule has 1 amide bonds. The number of hydrogen-bond donors (Lipinski definition) is 0. The fourth-order valence-electron chi connectivity index (χ4n) is 3.02. The summed E-state index contributed by atoms with van der Waals surface area (Å²) in [6, 6.07) is 13.9. The maximum Gasteiger partial charge on any atom is 0.227 e. The Hall–Kier alpha value is -2.87. The second kappa shape index (κ2) is 7.14. The summed E-state index contributed by atoms with van der Waals surface area (Å²) in [6.45, 7) is 4.82. The molecule has 5 heteroatoms. The average Bonchev–Trinajstić information content (AvgIpc) is 2.63. The number of nitrogens with zero attached hydrogens (tertiary/aromatic N) is 4. The third-order valence-corrected chi connectivity index (χ3v) is 4.47. The van der Waals surface area contributed by atoms with Crippen LogP contribution in [0.5, 0.6) is 0 Å². The van der Waals surface area contributed by atoms with Crippen LogP contribution in [0.25, 0.3) is 0 Å². The van der Waals surface area contributed by atoms with Gasteiger partial charge in [-0.05, 0) is 30.2 Å². The van der Waals surface area contributed by atoms with Crippen molar-refractivity contribution in [1.29, 1.82) is 5.26 Å². The van der Waals surface area contributed by atoms with Crippen LogP contribution in [0.15, 0.2) is 42.6 Å². The third kappa shape index (κ3) is 3.38. The first-order chi connectivity index (χ1) is 11.7. The van der Waals surface area contributed by atoms with Crippen molar-refractivity contribution in [3.63, 3.8) is 0 Å². The molecule has 1 aromatic heterocycles. The molecule has 1 saturated heterocycles. The molecule has 1 aliphatic rings. The number of amides is 1. The Kier molecular flexibility index (Phi) is 4.76. The smallest absolute Gasteiger partial charge is 0.227 e. The van der Waals surface area contributed by atoms with Crippen LogP contribution in [0.4, 0.5) is 5.69 Å². The lowest BCUT2D eigenvalue weighted by Gasteiger charge is -2.36. The maximum absolute atomic E-state index is 12.5.